The SMILES string of the molecule is CCS(=O)(=O)NC1CCN(C(=O)c2ccc3c(c2)C(=O)N(CC(C)C)C3=O)CC1. The number of amides is 3. The molecule has 0 atom stereocenters. The molecule has 1 aromatic rings. The summed E-state index contributed by atoms with van der Waals surface area (Å²) in [6.45, 7) is 6.66. The summed E-state index contributed by atoms with van der Waals surface area (Å²) < 4.78 is 26.1. The molecule has 8 nitrogen and oxygen atoms in total. The molecular formula is C20H27N3O5S. The number of hydrogen-bond acceptors (Lipinski definition) is 5. The first-order valence-corrected chi connectivity index (χ1v) is 11.6. The summed E-state index contributed by atoms with van der Waals surface area (Å²) in [5.41, 5.74) is 0.968. The Kier molecular flexibility index (Phi) is 6.09. The van der Waals surface area contributed by atoms with Gasteiger partial charge in [0.15, 0.2) is 0 Å². The number of benzene rings is 1. The molecule has 9 heteroatoms. The predicted molar refractivity (Wildman–Crippen MR) is 108 cm³/mol. The molecule has 3 rings (SSSR count). The van der Waals surface area contributed by atoms with E-state index >= 15 is 0 Å². The molecule has 0 bridgehead atoms. The first-order chi connectivity index (χ1) is 13.6. The van der Waals surface area contributed by atoms with Gasteiger partial charge in [-0.3, -0.25) is 19.3 Å². The van der Waals surface area contributed by atoms with Crippen LogP contribution in [0.25, 0.3) is 0 Å². The first kappa shape index (κ1) is 21.4. The number of nitrogens with one attached hydrogen (secondary N) is 1. The fourth-order valence-electron chi connectivity index (χ4n) is 3.67. The van der Waals surface area contributed by atoms with Crippen molar-refractivity contribution in [2.75, 3.05) is 25.4 Å². The number of hydrogen-bond donors (Lipinski definition) is 1. The van der Waals surface area contributed by atoms with E-state index in [1.54, 1.807) is 24.0 Å². The van der Waals surface area contributed by atoms with E-state index in [4.69, 9.17) is 0 Å². The van der Waals surface area contributed by atoms with Crippen LogP contribution >= 0.6 is 0 Å². The van der Waals surface area contributed by atoms with Gasteiger partial charge >= 0.3 is 0 Å². The van der Waals surface area contributed by atoms with Crippen molar-refractivity contribution in [1.29, 1.82) is 0 Å². The van der Waals surface area contributed by atoms with Crippen LogP contribution in [0.3, 0.4) is 0 Å². The van der Waals surface area contributed by atoms with Gasteiger partial charge in [-0.05, 0) is 43.9 Å². The Bertz CT molecular complexity index is 933. The van der Waals surface area contributed by atoms with Gasteiger partial charge in [0.25, 0.3) is 17.7 Å². The quantitative estimate of drug-likeness (QED) is 0.701. The zero-order valence-electron chi connectivity index (χ0n) is 17.0. The van der Waals surface area contributed by atoms with E-state index in [0.717, 1.165) is 0 Å². The van der Waals surface area contributed by atoms with E-state index in [1.165, 1.54) is 11.0 Å². The van der Waals surface area contributed by atoms with Gasteiger partial charge < -0.3 is 4.90 Å². The van der Waals surface area contributed by atoms with Crippen LogP contribution in [0.15, 0.2) is 18.2 Å². The summed E-state index contributed by atoms with van der Waals surface area (Å²) in [7, 11) is -3.27. The fraction of sp³-hybridized carbons (Fsp3) is 0.550. The molecule has 1 N–H and O–H groups in total. The lowest BCUT2D eigenvalue weighted by molar-refractivity contribution is 0.0635. The molecule has 2 aliphatic heterocycles. The van der Waals surface area contributed by atoms with Gasteiger partial charge in [-0.25, -0.2) is 13.1 Å². The van der Waals surface area contributed by atoms with Crippen molar-refractivity contribution < 1.29 is 22.8 Å². The summed E-state index contributed by atoms with van der Waals surface area (Å²) in [5.74, 6) is -0.707. The number of likely N-dealkylation sites (tertiary alicyclic amines) is 1. The van der Waals surface area contributed by atoms with Crippen LogP contribution in [0.1, 0.15) is 64.7 Å². The fourth-order valence-corrected chi connectivity index (χ4v) is 4.59. The van der Waals surface area contributed by atoms with Crippen molar-refractivity contribution in [1.82, 2.24) is 14.5 Å². The third kappa shape index (κ3) is 4.51. The zero-order chi connectivity index (χ0) is 21.3. The van der Waals surface area contributed by atoms with Crippen LogP contribution in [0.5, 0.6) is 0 Å². The average molecular weight is 422 g/mol. The largest absolute Gasteiger partial charge is 0.339 e. The maximum Gasteiger partial charge on any atom is 0.261 e. The zero-order valence-corrected chi connectivity index (χ0v) is 17.8. The number of rotatable bonds is 6. The number of fused-ring (bicyclic) bond motifs is 1. The Hall–Kier alpha value is -2.26. The monoisotopic (exact) mass is 421 g/mol. The summed E-state index contributed by atoms with van der Waals surface area (Å²) in [6, 6.07) is 4.46. The molecular weight excluding hydrogens is 394 g/mol. The first-order valence-electron chi connectivity index (χ1n) is 9.92. The molecule has 0 radical (unpaired) electrons. The van der Waals surface area contributed by atoms with Crippen LogP contribution < -0.4 is 4.72 Å². The highest BCUT2D eigenvalue weighted by Crippen LogP contribution is 2.26. The molecule has 0 aliphatic carbocycles. The summed E-state index contributed by atoms with van der Waals surface area (Å²) in [6.07, 6.45) is 1.07. The molecule has 1 fully saturated rings. The van der Waals surface area contributed by atoms with Gasteiger partial charge in [0.05, 0.1) is 16.9 Å². The third-order valence-electron chi connectivity index (χ3n) is 5.27. The van der Waals surface area contributed by atoms with E-state index in [9.17, 15) is 22.8 Å². The number of carbonyl (C=O) groups is 3. The van der Waals surface area contributed by atoms with Gasteiger partial charge in [0.2, 0.25) is 10.0 Å². The lowest BCUT2D eigenvalue weighted by Crippen LogP contribution is -2.46. The Morgan fingerprint density at radius 1 is 1.14 bits per heavy atom. The molecule has 1 aromatic carbocycles. The lowest BCUT2D eigenvalue weighted by Gasteiger charge is -2.32. The van der Waals surface area contributed by atoms with E-state index in [2.05, 4.69) is 4.72 Å². The van der Waals surface area contributed by atoms with Gasteiger partial charge in [0, 0.05) is 31.2 Å². The van der Waals surface area contributed by atoms with Gasteiger partial charge in [0.1, 0.15) is 0 Å². The highest BCUT2D eigenvalue weighted by Gasteiger charge is 2.36. The van der Waals surface area contributed by atoms with Crippen molar-refractivity contribution in [2.45, 2.75) is 39.7 Å². The van der Waals surface area contributed by atoms with Crippen LogP contribution in [0.4, 0.5) is 0 Å². The van der Waals surface area contributed by atoms with Gasteiger partial charge in [-0.15, -0.1) is 0 Å². The third-order valence-corrected chi connectivity index (χ3v) is 6.73. The molecule has 3 amide bonds. The molecule has 29 heavy (non-hydrogen) atoms. The standard InChI is InChI=1S/C20H27N3O5S/c1-4-29(27,28)21-15-7-9-22(10-8-15)18(24)14-5-6-16-17(11-14)20(26)23(19(16)25)12-13(2)3/h5-6,11,13,15,21H,4,7-10,12H2,1-3H3. The van der Waals surface area contributed by atoms with E-state index in [1.807, 2.05) is 13.8 Å². The topological polar surface area (TPSA) is 104 Å². The number of carbonyl (C=O) groups excluding carboxylic acids is 3. The summed E-state index contributed by atoms with van der Waals surface area (Å²) in [5, 5.41) is 0. The molecule has 0 aromatic heterocycles. The lowest BCUT2D eigenvalue weighted by atomic mass is 10.0. The minimum absolute atomic E-state index is 0.0296. The van der Waals surface area contributed by atoms with Crippen molar-refractivity contribution in [3.05, 3.63) is 34.9 Å². The predicted octanol–water partition coefficient (Wildman–Crippen LogP) is 1.48. The molecule has 2 heterocycles. The van der Waals surface area contributed by atoms with Crippen LogP contribution in [0.2, 0.25) is 0 Å². The number of imide groups is 1. The second-order valence-corrected chi connectivity index (χ2v) is 10.0. The normalized spacial score (nSPS) is 17.9. The molecule has 158 valence electrons. The van der Waals surface area contributed by atoms with Crippen LogP contribution in [0, 0.1) is 5.92 Å². The van der Waals surface area contributed by atoms with E-state index in [0.29, 0.717) is 43.6 Å². The Morgan fingerprint density at radius 3 is 2.34 bits per heavy atom. The maximum atomic E-state index is 12.9. The van der Waals surface area contributed by atoms with Crippen molar-refractivity contribution >= 4 is 27.7 Å². The Balaban J connectivity index is 1.69. The maximum absolute atomic E-state index is 12.9. The smallest absolute Gasteiger partial charge is 0.261 e. The van der Waals surface area contributed by atoms with Crippen LogP contribution in [-0.2, 0) is 10.0 Å². The highest BCUT2D eigenvalue weighted by molar-refractivity contribution is 7.89. The second kappa shape index (κ2) is 8.23. The summed E-state index contributed by atoms with van der Waals surface area (Å²) in [4.78, 5) is 40.8. The minimum Gasteiger partial charge on any atom is -0.339 e. The number of piperidine rings is 1. The molecule has 2 aliphatic rings. The summed E-state index contributed by atoms with van der Waals surface area (Å²) >= 11 is 0. The van der Waals surface area contributed by atoms with Gasteiger partial charge in [-0.1, -0.05) is 13.8 Å². The van der Waals surface area contributed by atoms with E-state index in [-0.39, 0.29) is 41.0 Å². The van der Waals surface area contributed by atoms with Crippen molar-refractivity contribution in [3.63, 3.8) is 0 Å². The van der Waals surface area contributed by atoms with Crippen LogP contribution in [-0.4, -0.2) is 67.4 Å². The molecule has 0 saturated carbocycles. The van der Waals surface area contributed by atoms with Crippen molar-refractivity contribution in [3.8, 4) is 0 Å². The Morgan fingerprint density at radius 2 is 1.76 bits per heavy atom. The molecule has 0 unspecified atom stereocenters. The highest BCUT2D eigenvalue weighted by atomic mass is 32.2. The number of nitrogens with zero attached hydrogens (tertiary/aromatic N) is 2. The van der Waals surface area contributed by atoms with E-state index < -0.39 is 10.0 Å². The van der Waals surface area contributed by atoms with Gasteiger partial charge in [-0.2, -0.15) is 0 Å². The Labute approximate surface area is 171 Å². The molecule has 1 saturated heterocycles. The average Bonchev–Trinajstić information content (AvgIpc) is 2.92. The molecule has 0 spiro atoms. The second-order valence-electron chi connectivity index (χ2n) is 7.96. The minimum atomic E-state index is -3.27. The number of sulfonamides is 1. The van der Waals surface area contributed by atoms with Crippen molar-refractivity contribution in [2.24, 2.45) is 5.92 Å².